The second kappa shape index (κ2) is 7.23. The Balaban J connectivity index is 1.66. The Bertz CT molecular complexity index is 832. The molecule has 6 heteroatoms. The van der Waals surface area contributed by atoms with E-state index in [0.717, 1.165) is 16.8 Å². The number of para-hydroxylation sites is 1. The van der Waals surface area contributed by atoms with Crippen LogP contribution in [-0.2, 0) is 6.54 Å². The Labute approximate surface area is 146 Å². The first-order chi connectivity index (χ1) is 11.6. The molecule has 0 amide bonds. The van der Waals surface area contributed by atoms with Gasteiger partial charge in [0.1, 0.15) is 0 Å². The highest BCUT2D eigenvalue weighted by Gasteiger charge is 2.13. The topological polar surface area (TPSA) is 54.2 Å². The van der Waals surface area contributed by atoms with E-state index in [1.54, 1.807) is 0 Å². The molecule has 0 saturated heterocycles. The van der Waals surface area contributed by atoms with Gasteiger partial charge in [-0.1, -0.05) is 47.6 Å². The fourth-order valence-corrected chi connectivity index (χ4v) is 2.45. The predicted molar refractivity (Wildman–Crippen MR) is 98.6 cm³/mol. The van der Waals surface area contributed by atoms with Crippen molar-refractivity contribution in [3.63, 3.8) is 0 Å². The van der Waals surface area contributed by atoms with E-state index in [1.807, 2.05) is 73.5 Å². The SMILES string of the molecule is Cc1ccccc1-c1noc(CN(C)C(=S)Nc2ccccc2)n1. The Morgan fingerprint density at radius 2 is 1.83 bits per heavy atom. The minimum absolute atomic E-state index is 0.442. The van der Waals surface area contributed by atoms with E-state index in [0.29, 0.717) is 23.4 Å². The number of hydrogen-bond donors (Lipinski definition) is 1. The zero-order chi connectivity index (χ0) is 16.9. The quantitative estimate of drug-likeness (QED) is 0.729. The summed E-state index contributed by atoms with van der Waals surface area (Å²) in [6.07, 6.45) is 0. The Morgan fingerprint density at radius 1 is 1.12 bits per heavy atom. The molecule has 1 N–H and O–H groups in total. The molecule has 0 saturated carbocycles. The van der Waals surface area contributed by atoms with Crippen LogP contribution in [0.25, 0.3) is 11.4 Å². The fraction of sp³-hybridized carbons (Fsp3) is 0.167. The van der Waals surface area contributed by atoms with Crippen LogP contribution in [0.5, 0.6) is 0 Å². The normalized spacial score (nSPS) is 10.4. The average Bonchev–Trinajstić information content (AvgIpc) is 3.04. The Morgan fingerprint density at radius 3 is 2.58 bits per heavy atom. The molecule has 0 aliphatic carbocycles. The summed E-state index contributed by atoms with van der Waals surface area (Å²) >= 11 is 5.40. The molecule has 1 aromatic heterocycles. The third-order valence-corrected chi connectivity index (χ3v) is 4.01. The van der Waals surface area contributed by atoms with Gasteiger partial charge in [-0.15, -0.1) is 0 Å². The Hall–Kier alpha value is -2.73. The van der Waals surface area contributed by atoms with Gasteiger partial charge in [-0.2, -0.15) is 4.98 Å². The van der Waals surface area contributed by atoms with Crippen LogP contribution in [0.2, 0.25) is 0 Å². The van der Waals surface area contributed by atoms with Crippen molar-refractivity contribution in [1.82, 2.24) is 15.0 Å². The summed E-state index contributed by atoms with van der Waals surface area (Å²) < 4.78 is 5.35. The minimum Gasteiger partial charge on any atom is -0.343 e. The number of hydrogen-bond acceptors (Lipinski definition) is 4. The summed E-state index contributed by atoms with van der Waals surface area (Å²) in [6.45, 7) is 2.47. The first-order valence-electron chi connectivity index (χ1n) is 7.59. The van der Waals surface area contributed by atoms with Gasteiger partial charge < -0.3 is 14.7 Å². The van der Waals surface area contributed by atoms with E-state index in [-0.39, 0.29) is 0 Å². The molecule has 0 bridgehead atoms. The van der Waals surface area contributed by atoms with Crippen molar-refractivity contribution < 1.29 is 4.52 Å². The van der Waals surface area contributed by atoms with Crippen LogP contribution < -0.4 is 5.32 Å². The summed E-state index contributed by atoms with van der Waals surface area (Å²) in [5, 5.41) is 7.84. The van der Waals surface area contributed by atoms with Gasteiger partial charge in [0, 0.05) is 18.3 Å². The van der Waals surface area contributed by atoms with Crippen LogP contribution in [0, 0.1) is 6.92 Å². The van der Waals surface area contributed by atoms with Gasteiger partial charge >= 0.3 is 0 Å². The first-order valence-corrected chi connectivity index (χ1v) is 8.00. The van der Waals surface area contributed by atoms with Crippen molar-refractivity contribution in [1.29, 1.82) is 0 Å². The first kappa shape index (κ1) is 16.1. The summed E-state index contributed by atoms with van der Waals surface area (Å²) in [7, 11) is 1.88. The number of aryl methyl sites for hydroxylation is 1. The number of aromatic nitrogens is 2. The lowest BCUT2D eigenvalue weighted by Gasteiger charge is -2.19. The van der Waals surface area contributed by atoms with Gasteiger partial charge in [0.25, 0.3) is 0 Å². The molecule has 24 heavy (non-hydrogen) atoms. The van der Waals surface area contributed by atoms with Crippen LogP contribution >= 0.6 is 12.2 Å². The number of thiocarbonyl (C=S) groups is 1. The van der Waals surface area contributed by atoms with Crippen LogP contribution in [0.3, 0.4) is 0 Å². The molecule has 0 radical (unpaired) electrons. The van der Waals surface area contributed by atoms with Crippen molar-refractivity contribution in [2.75, 3.05) is 12.4 Å². The molecule has 5 nitrogen and oxygen atoms in total. The van der Waals surface area contributed by atoms with Gasteiger partial charge in [-0.25, -0.2) is 0 Å². The van der Waals surface area contributed by atoms with Gasteiger partial charge in [0.05, 0.1) is 6.54 Å². The summed E-state index contributed by atoms with van der Waals surface area (Å²) in [5.41, 5.74) is 3.03. The molecule has 1 heterocycles. The van der Waals surface area contributed by atoms with Crippen molar-refractivity contribution in [2.24, 2.45) is 0 Å². The molecule has 0 fully saturated rings. The van der Waals surface area contributed by atoms with Crippen LogP contribution in [0.1, 0.15) is 11.5 Å². The number of benzene rings is 2. The largest absolute Gasteiger partial charge is 0.343 e. The third kappa shape index (κ3) is 3.78. The van der Waals surface area contributed by atoms with E-state index in [2.05, 4.69) is 15.5 Å². The maximum atomic E-state index is 5.40. The predicted octanol–water partition coefficient (Wildman–Crippen LogP) is 3.87. The highest BCUT2D eigenvalue weighted by atomic mass is 32.1. The van der Waals surface area contributed by atoms with E-state index in [1.165, 1.54) is 0 Å². The van der Waals surface area contributed by atoms with E-state index in [9.17, 15) is 0 Å². The molecular weight excluding hydrogens is 320 g/mol. The van der Waals surface area contributed by atoms with Crippen LogP contribution in [0.4, 0.5) is 5.69 Å². The molecule has 0 atom stereocenters. The molecular formula is C18H18N4OS. The minimum atomic E-state index is 0.442. The lowest BCUT2D eigenvalue weighted by atomic mass is 10.1. The molecule has 0 aliphatic rings. The highest BCUT2D eigenvalue weighted by Crippen LogP contribution is 2.20. The van der Waals surface area contributed by atoms with Crippen molar-refractivity contribution in [3.05, 3.63) is 66.1 Å². The lowest BCUT2D eigenvalue weighted by molar-refractivity contribution is 0.336. The van der Waals surface area contributed by atoms with Gasteiger partial charge in [-0.3, -0.25) is 0 Å². The molecule has 0 spiro atoms. The number of nitrogens with one attached hydrogen (secondary N) is 1. The monoisotopic (exact) mass is 338 g/mol. The van der Waals surface area contributed by atoms with E-state index < -0.39 is 0 Å². The molecule has 3 rings (SSSR count). The van der Waals surface area contributed by atoms with Crippen molar-refractivity contribution in [2.45, 2.75) is 13.5 Å². The van der Waals surface area contributed by atoms with Gasteiger partial charge in [0.2, 0.25) is 11.7 Å². The number of rotatable bonds is 4. The molecule has 3 aromatic rings. The van der Waals surface area contributed by atoms with Crippen molar-refractivity contribution in [3.8, 4) is 11.4 Å². The van der Waals surface area contributed by atoms with Crippen molar-refractivity contribution >= 4 is 23.0 Å². The zero-order valence-corrected chi connectivity index (χ0v) is 14.4. The standard InChI is InChI=1S/C18H18N4OS/c1-13-8-6-7-11-15(13)17-20-16(23-21-17)12-22(2)18(24)19-14-9-4-3-5-10-14/h3-11H,12H2,1-2H3,(H,19,24). The van der Waals surface area contributed by atoms with Crippen LogP contribution in [0.15, 0.2) is 59.1 Å². The summed E-state index contributed by atoms with van der Waals surface area (Å²) in [4.78, 5) is 6.32. The van der Waals surface area contributed by atoms with E-state index >= 15 is 0 Å². The maximum Gasteiger partial charge on any atom is 0.246 e. The fourth-order valence-electron chi connectivity index (χ4n) is 2.27. The maximum absolute atomic E-state index is 5.40. The number of nitrogens with zero attached hydrogens (tertiary/aromatic N) is 3. The van der Waals surface area contributed by atoms with Gasteiger partial charge in [0.15, 0.2) is 5.11 Å². The molecule has 0 aliphatic heterocycles. The summed E-state index contributed by atoms with van der Waals surface area (Å²) in [5.74, 6) is 1.12. The second-order valence-electron chi connectivity index (χ2n) is 5.48. The smallest absolute Gasteiger partial charge is 0.246 e. The lowest BCUT2D eigenvalue weighted by Crippen LogP contribution is -2.30. The second-order valence-corrected chi connectivity index (χ2v) is 5.87. The average molecular weight is 338 g/mol. The number of anilines is 1. The third-order valence-electron chi connectivity index (χ3n) is 3.60. The molecule has 122 valence electrons. The van der Waals surface area contributed by atoms with Crippen LogP contribution in [-0.4, -0.2) is 27.2 Å². The molecule has 0 unspecified atom stereocenters. The Kier molecular flexibility index (Phi) is 4.86. The highest BCUT2D eigenvalue weighted by molar-refractivity contribution is 7.80. The van der Waals surface area contributed by atoms with E-state index in [4.69, 9.17) is 16.7 Å². The zero-order valence-electron chi connectivity index (χ0n) is 13.6. The van der Waals surface area contributed by atoms with Gasteiger partial charge in [-0.05, 0) is 36.8 Å². The summed E-state index contributed by atoms with van der Waals surface area (Å²) in [6, 6.07) is 17.8. The molecule has 2 aromatic carbocycles.